The fourth-order valence-electron chi connectivity index (χ4n) is 4.72. The standard InChI is InChI=1S/C18H15ClFN3O4.C16H11ClFN3O4.CH4.Li.H2O/c1-4-27-18(26)16(24)13-9(2)23(3)15(14(13)19)17(25)22-11-5-6-12(20)10(7-11)8-21;1-7-11(14(22)16(24)25)12(17)13(21(7)2)15(23)20-9-3-4-10(18)8(5-9)6-19;;;/h5-7H,4H2,1-3H3,(H,22,25);3-5H,1-2H3,(H,20,23)(H,24,25);1H4;;1H2/q;;;+1;/p-1. The van der Waals surface area contributed by atoms with Gasteiger partial charge in [0.2, 0.25) is 0 Å². The molecule has 4 rings (SSSR count). The number of nitriles is 2. The van der Waals surface area contributed by atoms with Crippen molar-refractivity contribution in [1.29, 1.82) is 10.5 Å². The largest absolute Gasteiger partial charge is 1.00 e. The monoisotopic (exact) mass is 794 g/mol. The first-order chi connectivity index (χ1) is 24.4. The second kappa shape index (κ2) is 20.6. The molecule has 4 aromatic rings. The first kappa shape index (κ1) is 49.2. The zero-order valence-corrected chi connectivity index (χ0v) is 30.7. The number of halogens is 4. The summed E-state index contributed by atoms with van der Waals surface area (Å²) < 4.78 is 34.1. The molecule has 2 heterocycles. The van der Waals surface area contributed by atoms with E-state index in [-0.39, 0.29) is 99.1 Å². The van der Waals surface area contributed by atoms with Crippen LogP contribution in [0.1, 0.15) is 78.6 Å². The van der Waals surface area contributed by atoms with Crippen LogP contribution in [0.3, 0.4) is 0 Å². The number of aliphatic carboxylic acids is 1. The molecule has 55 heavy (non-hydrogen) atoms. The zero-order valence-electron chi connectivity index (χ0n) is 29.2. The van der Waals surface area contributed by atoms with Crippen LogP contribution in [0.15, 0.2) is 36.4 Å². The first-order valence-corrected chi connectivity index (χ1v) is 15.4. The van der Waals surface area contributed by atoms with Gasteiger partial charge < -0.3 is 35.1 Å². The maximum absolute atomic E-state index is 13.4. The Kier molecular flexibility index (Phi) is 18.4. The fourth-order valence-corrected chi connectivity index (χ4v) is 5.59. The van der Waals surface area contributed by atoms with Gasteiger partial charge in [-0.05, 0) is 57.2 Å². The molecule has 0 radical (unpaired) electrons. The van der Waals surface area contributed by atoms with Gasteiger partial charge in [-0.2, -0.15) is 10.5 Å². The Balaban J connectivity index is 0.00000101. The molecule has 0 aliphatic carbocycles. The number of ether oxygens (including phenoxy) is 1. The van der Waals surface area contributed by atoms with Crippen LogP contribution in [0.2, 0.25) is 10.0 Å². The number of carbonyl (C=O) groups excluding carboxylic acids is 5. The number of benzene rings is 2. The van der Waals surface area contributed by atoms with Gasteiger partial charge in [0.05, 0.1) is 38.9 Å². The minimum Gasteiger partial charge on any atom is -0.870 e. The molecule has 4 N–H and O–H groups in total. The maximum atomic E-state index is 13.4. The van der Waals surface area contributed by atoms with E-state index in [1.165, 1.54) is 55.3 Å². The van der Waals surface area contributed by atoms with Crippen LogP contribution in [0.4, 0.5) is 20.2 Å². The van der Waals surface area contributed by atoms with Gasteiger partial charge in [0.25, 0.3) is 23.4 Å². The van der Waals surface area contributed by atoms with Gasteiger partial charge in [-0.3, -0.25) is 19.2 Å². The zero-order chi connectivity index (χ0) is 39.2. The van der Waals surface area contributed by atoms with E-state index in [0.29, 0.717) is 5.69 Å². The number of amides is 2. The third kappa shape index (κ3) is 10.5. The Hall–Kier alpha value is -5.80. The molecule has 15 nitrogen and oxygen atoms in total. The van der Waals surface area contributed by atoms with E-state index < -0.39 is 47.0 Å². The van der Waals surface area contributed by atoms with Crippen molar-refractivity contribution in [3.8, 4) is 12.1 Å². The van der Waals surface area contributed by atoms with Crippen LogP contribution >= 0.6 is 23.2 Å². The van der Waals surface area contributed by atoms with Gasteiger partial charge in [0.15, 0.2) is 0 Å². The molecule has 0 unspecified atom stereocenters. The summed E-state index contributed by atoms with van der Waals surface area (Å²) in [5, 5.41) is 31.0. The van der Waals surface area contributed by atoms with Crippen LogP contribution in [0.25, 0.3) is 0 Å². The molecular weight excluding hydrogens is 764 g/mol. The van der Waals surface area contributed by atoms with E-state index in [2.05, 4.69) is 15.4 Å². The Morgan fingerprint density at radius 2 is 1.15 bits per heavy atom. The van der Waals surface area contributed by atoms with Gasteiger partial charge in [-0.15, -0.1) is 0 Å². The first-order valence-electron chi connectivity index (χ1n) is 14.6. The number of nitrogens with one attached hydrogen (secondary N) is 2. The van der Waals surface area contributed by atoms with Gasteiger partial charge in [-0.1, -0.05) is 30.6 Å². The van der Waals surface area contributed by atoms with Gasteiger partial charge >= 0.3 is 30.8 Å². The number of anilines is 2. The van der Waals surface area contributed by atoms with Crippen molar-refractivity contribution in [3.63, 3.8) is 0 Å². The number of esters is 1. The van der Waals surface area contributed by atoms with Crippen molar-refractivity contribution in [2.45, 2.75) is 28.2 Å². The smallest absolute Gasteiger partial charge is 0.870 e. The molecule has 0 aliphatic heterocycles. The molecular formula is C35H31Cl2F2LiN6O9. The summed E-state index contributed by atoms with van der Waals surface area (Å²) in [7, 11) is 2.95. The van der Waals surface area contributed by atoms with Gasteiger partial charge in [0.1, 0.15) is 35.2 Å². The molecule has 0 saturated carbocycles. The Morgan fingerprint density at radius 1 is 0.782 bits per heavy atom. The minimum absolute atomic E-state index is 0. The van der Waals surface area contributed by atoms with E-state index in [1.807, 2.05) is 0 Å². The summed E-state index contributed by atoms with van der Waals surface area (Å²) in [5.41, 5.74) is -0.266. The van der Waals surface area contributed by atoms with E-state index in [1.54, 1.807) is 19.1 Å². The molecule has 0 fully saturated rings. The number of carboxylic acid groups (broad SMARTS) is 1. The third-order valence-electron chi connectivity index (χ3n) is 7.48. The van der Waals surface area contributed by atoms with Crippen LogP contribution in [-0.4, -0.2) is 61.6 Å². The number of Topliss-reactive ketones (excluding diaryl/α,β-unsaturated/α-hetero) is 2. The fraction of sp³-hybridized carbons (Fsp3) is 0.200. The van der Waals surface area contributed by atoms with Crippen molar-refractivity contribution < 1.29 is 71.7 Å². The van der Waals surface area contributed by atoms with E-state index in [9.17, 15) is 37.5 Å². The van der Waals surface area contributed by atoms with Crippen LogP contribution in [0.5, 0.6) is 0 Å². The van der Waals surface area contributed by atoms with Crippen molar-refractivity contribution in [2.24, 2.45) is 14.1 Å². The molecule has 0 atom stereocenters. The quantitative estimate of drug-likeness (QED) is 0.0963. The van der Waals surface area contributed by atoms with Crippen molar-refractivity contribution in [1.82, 2.24) is 9.13 Å². The Morgan fingerprint density at radius 3 is 1.47 bits per heavy atom. The number of nitrogens with zero attached hydrogens (tertiary/aromatic N) is 4. The predicted molar refractivity (Wildman–Crippen MR) is 190 cm³/mol. The number of hydrogen-bond donors (Lipinski definition) is 3. The predicted octanol–water partition coefficient (Wildman–Crippen LogP) is 2.98. The average molecular weight is 796 g/mol. The second-order valence-electron chi connectivity index (χ2n) is 10.6. The number of ketones is 2. The molecule has 2 amide bonds. The van der Waals surface area contributed by atoms with Crippen molar-refractivity contribution >= 4 is 69.9 Å². The molecule has 0 saturated heterocycles. The summed E-state index contributed by atoms with van der Waals surface area (Å²) in [4.78, 5) is 71.7. The Labute approximate surface area is 334 Å². The summed E-state index contributed by atoms with van der Waals surface area (Å²) in [6, 6.07) is 10.2. The number of hydrogen-bond acceptors (Lipinski definition) is 10. The number of aromatic nitrogens is 2. The van der Waals surface area contributed by atoms with E-state index >= 15 is 0 Å². The van der Waals surface area contributed by atoms with Gasteiger partial charge in [-0.25, -0.2) is 18.4 Å². The number of carboxylic acids is 1. The molecule has 0 bridgehead atoms. The molecule has 284 valence electrons. The summed E-state index contributed by atoms with van der Waals surface area (Å²) >= 11 is 12.2. The van der Waals surface area contributed by atoms with Crippen LogP contribution in [0, 0.1) is 48.1 Å². The van der Waals surface area contributed by atoms with Crippen LogP contribution < -0.4 is 29.5 Å². The van der Waals surface area contributed by atoms with Crippen molar-refractivity contribution in [3.05, 3.63) is 103 Å². The number of rotatable bonds is 9. The van der Waals surface area contributed by atoms with Crippen LogP contribution in [-0.2, 0) is 28.4 Å². The molecule has 0 spiro atoms. The minimum atomic E-state index is -1.69. The molecule has 20 heteroatoms. The summed E-state index contributed by atoms with van der Waals surface area (Å²) in [6.07, 6.45) is 0. The van der Waals surface area contributed by atoms with E-state index in [0.717, 1.165) is 18.2 Å². The number of carbonyl (C=O) groups is 6. The maximum Gasteiger partial charge on any atom is 1.00 e. The van der Waals surface area contributed by atoms with Crippen molar-refractivity contribution in [2.75, 3.05) is 17.2 Å². The average Bonchev–Trinajstić information content (AvgIpc) is 3.46. The van der Waals surface area contributed by atoms with E-state index in [4.69, 9.17) is 38.8 Å². The second-order valence-corrected chi connectivity index (χ2v) is 11.3. The summed E-state index contributed by atoms with van der Waals surface area (Å²) in [5.74, 6) is -7.84. The molecule has 0 aliphatic rings. The molecule has 2 aromatic carbocycles. The topological polar surface area (TPSA) is 243 Å². The molecule has 2 aromatic heterocycles. The van der Waals surface area contributed by atoms with Gasteiger partial charge in [0, 0.05) is 36.9 Å². The third-order valence-corrected chi connectivity index (χ3v) is 8.22. The SMILES string of the molecule is C.CCOC(=O)C(=O)c1c(Cl)c(C(=O)Nc2ccc(F)c(C#N)c2)n(C)c1C.Cc1c(C(=O)C(=O)O)c(Cl)c(C(=O)Nc2ccc(F)c(C#N)c2)n1C.[Li+].[OH-]. The summed E-state index contributed by atoms with van der Waals surface area (Å²) in [6.45, 7) is 4.56. The normalized spacial score (nSPS) is 9.65. The Bertz CT molecular complexity index is 2280.